The van der Waals surface area contributed by atoms with E-state index in [1.807, 2.05) is 6.07 Å². The summed E-state index contributed by atoms with van der Waals surface area (Å²) >= 11 is 0. The summed E-state index contributed by atoms with van der Waals surface area (Å²) in [6, 6.07) is 12.5. The third-order valence-corrected chi connectivity index (χ3v) is 8.12. The monoisotopic (exact) mass is 450 g/mol. The predicted molar refractivity (Wildman–Crippen MR) is 121 cm³/mol. The molecule has 2 bridgehead atoms. The molecule has 0 unspecified atom stereocenters. The van der Waals surface area contributed by atoms with Crippen molar-refractivity contribution >= 4 is 11.4 Å². The second-order valence-corrected chi connectivity index (χ2v) is 9.43. The molecule has 2 aliphatic carbocycles. The molecule has 4 aliphatic rings. The Morgan fingerprint density at radius 3 is 2.79 bits per heavy atom. The predicted octanol–water partition coefficient (Wildman–Crippen LogP) is 2.53. The molecular formula is C24H26N4O5. The zero-order valence-corrected chi connectivity index (χ0v) is 18.6. The number of likely N-dealkylation sites (N-methyl/N-ethyl adjacent to an activating group) is 1. The molecule has 1 N–H and O–H groups in total. The maximum atomic E-state index is 12.3. The Kier molecular flexibility index (Phi) is 4.28. The molecule has 2 aromatic rings. The zero-order valence-electron chi connectivity index (χ0n) is 18.6. The summed E-state index contributed by atoms with van der Waals surface area (Å²) in [5, 5.41) is 29.0. The molecule has 1 saturated heterocycles. The van der Waals surface area contributed by atoms with Crippen LogP contribution >= 0.6 is 0 Å². The molecule has 6 rings (SSSR count). The minimum atomic E-state index is -1.01. The van der Waals surface area contributed by atoms with Crippen molar-refractivity contribution < 1.29 is 19.6 Å². The number of ether oxygens (including phenoxy) is 2. The Balaban J connectivity index is 1.54. The van der Waals surface area contributed by atoms with Gasteiger partial charge in [-0.3, -0.25) is 0 Å². The number of hydrogen-bond donors (Lipinski definition) is 1. The van der Waals surface area contributed by atoms with Crippen LogP contribution in [0.15, 0.2) is 47.6 Å². The number of aliphatic hydroxyl groups is 1. The highest BCUT2D eigenvalue weighted by Crippen LogP contribution is 2.64. The number of hydrazine groups is 1. The molecule has 2 aliphatic heterocycles. The van der Waals surface area contributed by atoms with Gasteiger partial charge >= 0.3 is 0 Å². The highest BCUT2D eigenvalue weighted by Gasteiger charge is 2.73. The second kappa shape index (κ2) is 6.91. The Bertz CT molecular complexity index is 1170. The van der Waals surface area contributed by atoms with E-state index in [4.69, 9.17) is 9.47 Å². The normalized spacial score (nSPS) is 32.8. The van der Waals surface area contributed by atoms with Crippen LogP contribution in [0.1, 0.15) is 30.4 Å². The molecule has 4 atom stereocenters. The van der Waals surface area contributed by atoms with Gasteiger partial charge in [-0.25, -0.2) is 0 Å². The van der Waals surface area contributed by atoms with Gasteiger partial charge in [0, 0.05) is 28.2 Å². The fraction of sp³-hybridized carbons (Fsp3) is 0.458. The van der Waals surface area contributed by atoms with Crippen LogP contribution in [0.25, 0.3) is 0 Å². The summed E-state index contributed by atoms with van der Waals surface area (Å²) in [6.45, 7) is 0.799. The van der Waals surface area contributed by atoms with Crippen LogP contribution in [0.4, 0.5) is 5.69 Å². The molecule has 1 spiro atoms. The Labute approximate surface area is 191 Å². The van der Waals surface area contributed by atoms with Gasteiger partial charge in [-0.15, -0.1) is 0 Å². The largest absolute Gasteiger partial charge is 0.493 e. The molecular weight excluding hydrogens is 424 g/mol. The molecule has 0 radical (unpaired) electrons. The van der Waals surface area contributed by atoms with Gasteiger partial charge in [0.25, 0.3) is 0 Å². The van der Waals surface area contributed by atoms with Gasteiger partial charge in [0.05, 0.1) is 23.2 Å². The van der Waals surface area contributed by atoms with E-state index in [0.717, 1.165) is 29.2 Å². The van der Waals surface area contributed by atoms with Gasteiger partial charge in [-0.2, -0.15) is 0 Å². The summed E-state index contributed by atoms with van der Waals surface area (Å²) in [5.41, 5.74) is 1.36. The maximum Gasteiger partial charge on any atom is 0.197 e. The number of nitro groups is 1. The molecule has 172 valence electrons. The molecule has 2 aromatic carbocycles. The van der Waals surface area contributed by atoms with Crippen LogP contribution in [0.3, 0.4) is 0 Å². The van der Waals surface area contributed by atoms with Crippen molar-refractivity contribution in [3.63, 3.8) is 0 Å². The lowest BCUT2D eigenvalue weighted by Gasteiger charge is -2.61. The van der Waals surface area contributed by atoms with Crippen molar-refractivity contribution in [2.24, 2.45) is 5.10 Å². The average Bonchev–Trinajstić information content (AvgIpc) is 3.17. The molecule has 2 fully saturated rings. The summed E-state index contributed by atoms with van der Waals surface area (Å²) in [7, 11) is 3.66. The average molecular weight is 450 g/mol. The van der Waals surface area contributed by atoms with Crippen LogP contribution in [0.5, 0.6) is 11.5 Å². The zero-order chi connectivity index (χ0) is 23.0. The highest BCUT2D eigenvalue weighted by molar-refractivity contribution is 5.95. The third kappa shape index (κ3) is 2.52. The van der Waals surface area contributed by atoms with Crippen molar-refractivity contribution in [3.8, 4) is 11.5 Å². The fourth-order valence-corrected chi connectivity index (χ4v) is 6.68. The maximum absolute atomic E-state index is 12.3. The first kappa shape index (κ1) is 20.4. The molecule has 9 nitrogen and oxygen atoms in total. The molecule has 2 heterocycles. The van der Waals surface area contributed by atoms with Crippen molar-refractivity contribution in [3.05, 3.63) is 63.7 Å². The molecule has 0 amide bonds. The topological polar surface area (TPSA) is 101 Å². The first-order chi connectivity index (χ1) is 15.9. The minimum Gasteiger partial charge on any atom is -0.493 e. The smallest absolute Gasteiger partial charge is 0.197 e. The van der Waals surface area contributed by atoms with Crippen molar-refractivity contribution in [2.45, 2.75) is 48.8 Å². The van der Waals surface area contributed by atoms with Crippen LogP contribution in [0.2, 0.25) is 0 Å². The van der Waals surface area contributed by atoms with Crippen LogP contribution in [-0.4, -0.2) is 59.2 Å². The van der Waals surface area contributed by atoms with E-state index in [1.165, 1.54) is 0 Å². The number of anilines is 1. The second-order valence-electron chi connectivity index (χ2n) is 9.43. The number of likely N-dealkylation sites (tertiary alicyclic amines) is 1. The number of benzene rings is 2. The lowest BCUT2D eigenvalue weighted by atomic mass is 9.49. The summed E-state index contributed by atoms with van der Waals surface area (Å²) in [4.78, 5) is 14.2. The number of hydrogen-bond acceptors (Lipinski definition) is 7. The number of piperidine rings is 1. The molecule has 33 heavy (non-hydrogen) atoms. The van der Waals surface area contributed by atoms with Crippen LogP contribution in [0, 0.1) is 10.1 Å². The quantitative estimate of drug-likeness (QED) is 0.564. The minimum absolute atomic E-state index is 0.0495. The van der Waals surface area contributed by atoms with Crippen molar-refractivity contribution in [1.29, 1.82) is 0 Å². The highest BCUT2D eigenvalue weighted by atomic mass is 16.7. The Morgan fingerprint density at radius 2 is 2.06 bits per heavy atom. The lowest BCUT2D eigenvalue weighted by Crippen LogP contribution is -2.76. The number of para-hydroxylation sites is 1. The van der Waals surface area contributed by atoms with Gasteiger partial charge in [-0.05, 0) is 56.6 Å². The van der Waals surface area contributed by atoms with Crippen LogP contribution < -0.4 is 14.6 Å². The lowest BCUT2D eigenvalue weighted by molar-refractivity contribution is -0.495. The number of hydrazone groups is 1. The SMILES string of the molecule is COc1ccc2c3c1O[C@H]1C(=NN(c4ccccc4)[N+](=O)[O-])CC[C@@]4(O)[C@@H](C2)N(C)CC[C@]314. The van der Waals surface area contributed by atoms with Crippen molar-refractivity contribution in [1.82, 2.24) is 4.90 Å². The first-order valence-electron chi connectivity index (χ1n) is 11.3. The number of nitrogens with zero attached hydrogens (tertiary/aromatic N) is 4. The van der Waals surface area contributed by atoms with Gasteiger partial charge in [-0.1, -0.05) is 24.3 Å². The van der Waals surface area contributed by atoms with E-state index in [-0.39, 0.29) is 6.04 Å². The molecule has 9 heteroatoms. The van der Waals surface area contributed by atoms with E-state index in [2.05, 4.69) is 23.1 Å². The van der Waals surface area contributed by atoms with E-state index in [9.17, 15) is 15.2 Å². The van der Waals surface area contributed by atoms with E-state index in [1.54, 1.807) is 37.4 Å². The summed E-state index contributed by atoms with van der Waals surface area (Å²) in [5.74, 6) is 1.26. The van der Waals surface area contributed by atoms with E-state index >= 15 is 0 Å². The van der Waals surface area contributed by atoms with E-state index < -0.39 is 22.2 Å². The number of methoxy groups -OCH3 is 1. The number of rotatable bonds is 4. The van der Waals surface area contributed by atoms with Gasteiger partial charge in [0.15, 0.2) is 23.3 Å². The van der Waals surface area contributed by atoms with Gasteiger partial charge in [0.2, 0.25) is 0 Å². The standard InChI is InChI=1S/C24H26N4O5/c1-26-13-12-23-20-15-8-9-18(32-2)21(20)33-22(23)17(10-11-24(23,29)19(26)14-15)25-27(28(30)31)16-6-4-3-5-7-16/h3-9,19,22,29H,10-14H2,1-2H3/t19-,22+,23+,24-/m1/s1. The van der Waals surface area contributed by atoms with Gasteiger partial charge < -0.3 is 29.6 Å². The van der Waals surface area contributed by atoms with Crippen LogP contribution in [-0.2, 0) is 11.8 Å². The summed E-state index contributed by atoms with van der Waals surface area (Å²) < 4.78 is 12.2. The van der Waals surface area contributed by atoms with Gasteiger partial charge in [0.1, 0.15) is 5.69 Å². The third-order valence-electron chi connectivity index (χ3n) is 8.12. The van der Waals surface area contributed by atoms with Crippen molar-refractivity contribution in [2.75, 3.05) is 25.8 Å². The Morgan fingerprint density at radius 1 is 1.27 bits per heavy atom. The first-order valence-corrected chi connectivity index (χ1v) is 11.3. The Hall–Kier alpha value is -3.17. The summed E-state index contributed by atoms with van der Waals surface area (Å²) in [6.07, 6.45) is 1.70. The van der Waals surface area contributed by atoms with E-state index in [0.29, 0.717) is 42.2 Å². The molecule has 1 saturated carbocycles. The fourth-order valence-electron chi connectivity index (χ4n) is 6.68. The molecule has 0 aromatic heterocycles.